The van der Waals surface area contributed by atoms with Crippen LogP contribution in [0.3, 0.4) is 0 Å². The number of hydrogen-bond acceptors (Lipinski definition) is 3. The maximum atomic E-state index is 12.4. The van der Waals surface area contributed by atoms with Crippen LogP contribution in [-0.2, 0) is 6.54 Å². The molecule has 1 rings (SSSR count). The molecule has 1 heterocycles. The van der Waals surface area contributed by atoms with Gasteiger partial charge in [-0.25, -0.2) is 13.8 Å². The molecule has 0 atom stereocenters. The zero-order chi connectivity index (χ0) is 10.7. The molecule has 0 aromatic carbocycles. The summed E-state index contributed by atoms with van der Waals surface area (Å²) in [5, 5.41) is 8.57. The molecule has 6 heteroatoms. The van der Waals surface area contributed by atoms with E-state index in [1.165, 1.54) is 6.07 Å². The first-order chi connectivity index (χ1) is 6.60. The van der Waals surface area contributed by atoms with Crippen molar-refractivity contribution in [1.29, 1.82) is 5.26 Å². The van der Waals surface area contributed by atoms with Gasteiger partial charge in [-0.2, -0.15) is 5.26 Å². The molecule has 0 aliphatic carbocycles. The van der Waals surface area contributed by atoms with E-state index in [9.17, 15) is 8.78 Å². The number of nitrogens with zero attached hydrogens (tertiary/aromatic N) is 2. The highest BCUT2D eigenvalue weighted by atomic mass is 127. The number of nitriles is 1. The maximum Gasteiger partial charge on any atom is 0.266 e. The summed E-state index contributed by atoms with van der Waals surface area (Å²) in [5.41, 5.74) is 5.28. The number of rotatable bonds is 2. The topological polar surface area (TPSA) is 62.7 Å². The van der Waals surface area contributed by atoms with E-state index in [1.807, 2.05) is 22.6 Å². The summed E-state index contributed by atoms with van der Waals surface area (Å²) in [6.07, 6.45) is -2.69. The van der Waals surface area contributed by atoms with E-state index in [0.29, 0.717) is 9.26 Å². The second-order valence-electron chi connectivity index (χ2n) is 2.49. The van der Waals surface area contributed by atoms with Gasteiger partial charge in [0.15, 0.2) is 5.69 Å². The Morgan fingerprint density at radius 1 is 1.64 bits per heavy atom. The van der Waals surface area contributed by atoms with Crippen molar-refractivity contribution >= 4 is 22.6 Å². The van der Waals surface area contributed by atoms with Crippen LogP contribution in [0.2, 0.25) is 0 Å². The highest BCUT2D eigenvalue weighted by Gasteiger charge is 2.16. The molecular weight excluding hydrogens is 303 g/mol. The second kappa shape index (κ2) is 4.61. The minimum atomic E-state index is -2.69. The number of alkyl halides is 2. The fraction of sp³-hybridized carbons (Fsp3) is 0.250. The number of aromatic nitrogens is 1. The average molecular weight is 309 g/mol. The van der Waals surface area contributed by atoms with E-state index >= 15 is 0 Å². The molecule has 1 aromatic rings. The molecule has 0 aliphatic rings. The van der Waals surface area contributed by atoms with Crippen molar-refractivity contribution in [3.05, 3.63) is 26.6 Å². The standard InChI is InChI=1S/C8H6F2IN3/c9-7(10)5-1-4(2-12)8(11)14-6(5)3-13/h1,7H,2,12H2. The second-order valence-corrected chi connectivity index (χ2v) is 3.51. The summed E-state index contributed by atoms with van der Waals surface area (Å²) in [6.45, 7) is 0.136. The lowest BCUT2D eigenvalue weighted by Gasteiger charge is -2.06. The van der Waals surface area contributed by atoms with Crippen LogP contribution in [-0.4, -0.2) is 4.98 Å². The lowest BCUT2D eigenvalue weighted by Crippen LogP contribution is -2.05. The molecule has 0 radical (unpaired) electrons. The third-order valence-corrected chi connectivity index (χ3v) is 2.57. The third kappa shape index (κ3) is 2.16. The third-order valence-electron chi connectivity index (χ3n) is 1.64. The fourth-order valence-corrected chi connectivity index (χ4v) is 1.57. The van der Waals surface area contributed by atoms with Crippen LogP contribution >= 0.6 is 22.6 Å². The summed E-state index contributed by atoms with van der Waals surface area (Å²) in [7, 11) is 0. The zero-order valence-corrected chi connectivity index (χ0v) is 9.12. The van der Waals surface area contributed by atoms with Gasteiger partial charge in [-0.05, 0) is 34.2 Å². The Hall–Kier alpha value is -0.810. The minimum absolute atomic E-state index is 0.136. The van der Waals surface area contributed by atoms with Crippen molar-refractivity contribution in [3.8, 4) is 6.07 Å². The Labute approximate surface area is 93.1 Å². The SMILES string of the molecule is N#Cc1nc(I)c(CN)cc1C(F)F. The predicted octanol–water partition coefficient (Wildman–Crippen LogP) is 1.95. The van der Waals surface area contributed by atoms with Crippen molar-refractivity contribution in [3.63, 3.8) is 0 Å². The number of nitrogens with two attached hydrogens (primary N) is 1. The first kappa shape index (κ1) is 11.3. The van der Waals surface area contributed by atoms with E-state index < -0.39 is 6.43 Å². The van der Waals surface area contributed by atoms with Crippen LogP contribution in [0.5, 0.6) is 0 Å². The number of hydrogen-bond donors (Lipinski definition) is 1. The van der Waals surface area contributed by atoms with Crippen molar-refractivity contribution in [1.82, 2.24) is 4.98 Å². The van der Waals surface area contributed by atoms with Crippen molar-refractivity contribution < 1.29 is 8.78 Å². The van der Waals surface area contributed by atoms with Gasteiger partial charge < -0.3 is 5.73 Å². The van der Waals surface area contributed by atoms with E-state index in [-0.39, 0.29) is 17.8 Å². The highest BCUT2D eigenvalue weighted by Crippen LogP contribution is 2.24. The van der Waals surface area contributed by atoms with Crippen LogP contribution in [0.4, 0.5) is 8.78 Å². The van der Waals surface area contributed by atoms with Gasteiger partial charge in [-0.1, -0.05) is 0 Å². The van der Waals surface area contributed by atoms with E-state index in [0.717, 1.165) is 0 Å². The van der Waals surface area contributed by atoms with Gasteiger partial charge in [-0.3, -0.25) is 0 Å². The van der Waals surface area contributed by atoms with Crippen LogP contribution in [0.1, 0.15) is 23.2 Å². The summed E-state index contributed by atoms with van der Waals surface area (Å²) in [6, 6.07) is 2.87. The van der Waals surface area contributed by atoms with Crippen LogP contribution in [0.15, 0.2) is 6.07 Å². The summed E-state index contributed by atoms with van der Waals surface area (Å²) >= 11 is 1.86. The molecule has 0 saturated carbocycles. The van der Waals surface area contributed by atoms with Crippen LogP contribution in [0, 0.1) is 15.0 Å². The van der Waals surface area contributed by atoms with Crippen LogP contribution < -0.4 is 5.73 Å². The molecule has 0 saturated heterocycles. The van der Waals surface area contributed by atoms with E-state index in [4.69, 9.17) is 11.0 Å². The molecule has 0 aliphatic heterocycles. The molecule has 14 heavy (non-hydrogen) atoms. The minimum Gasteiger partial charge on any atom is -0.326 e. The van der Waals surface area contributed by atoms with Crippen molar-refractivity contribution in [2.45, 2.75) is 13.0 Å². The van der Waals surface area contributed by atoms with Gasteiger partial charge in [0, 0.05) is 6.54 Å². The maximum absolute atomic E-state index is 12.4. The molecule has 0 unspecified atom stereocenters. The van der Waals surface area contributed by atoms with Gasteiger partial charge in [-0.15, -0.1) is 0 Å². The molecule has 3 nitrogen and oxygen atoms in total. The van der Waals surface area contributed by atoms with Gasteiger partial charge in [0.05, 0.1) is 5.56 Å². The Morgan fingerprint density at radius 2 is 2.29 bits per heavy atom. The first-order valence-electron chi connectivity index (χ1n) is 3.67. The first-order valence-corrected chi connectivity index (χ1v) is 4.75. The van der Waals surface area contributed by atoms with Gasteiger partial charge in [0.25, 0.3) is 6.43 Å². The number of halogens is 3. The molecular formula is C8H6F2IN3. The largest absolute Gasteiger partial charge is 0.326 e. The Kier molecular flexibility index (Phi) is 3.71. The summed E-state index contributed by atoms with van der Waals surface area (Å²) in [4.78, 5) is 3.75. The molecule has 1 aromatic heterocycles. The summed E-state index contributed by atoms with van der Waals surface area (Å²) in [5.74, 6) is 0. The lowest BCUT2D eigenvalue weighted by atomic mass is 10.1. The lowest BCUT2D eigenvalue weighted by molar-refractivity contribution is 0.150. The monoisotopic (exact) mass is 309 g/mol. The Balaban J connectivity index is 3.34. The molecule has 0 bridgehead atoms. The Bertz CT molecular complexity index is 387. The van der Waals surface area contributed by atoms with Crippen molar-refractivity contribution in [2.24, 2.45) is 5.73 Å². The van der Waals surface area contributed by atoms with Crippen LogP contribution in [0.25, 0.3) is 0 Å². The predicted molar refractivity (Wildman–Crippen MR) is 54.5 cm³/mol. The average Bonchev–Trinajstić information content (AvgIpc) is 2.16. The zero-order valence-electron chi connectivity index (χ0n) is 6.97. The fourth-order valence-electron chi connectivity index (χ4n) is 0.949. The molecule has 2 N–H and O–H groups in total. The van der Waals surface area contributed by atoms with E-state index in [2.05, 4.69) is 4.98 Å². The van der Waals surface area contributed by atoms with E-state index in [1.54, 1.807) is 6.07 Å². The molecule has 0 amide bonds. The molecule has 0 spiro atoms. The highest BCUT2D eigenvalue weighted by molar-refractivity contribution is 14.1. The quantitative estimate of drug-likeness (QED) is 0.671. The van der Waals surface area contributed by atoms with Crippen molar-refractivity contribution in [2.75, 3.05) is 0 Å². The number of pyridine rings is 1. The normalized spacial score (nSPS) is 10.3. The van der Waals surface area contributed by atoms with Gasteiger partial charge >= 0.3 is 0 Å². The molecule has 0 fully saturated rings. The Morgan fingerprint density at radius 3 is 2.71 bits per heavy atom. The summed E-state index contributed by atoms with van der Waals surface area (Å²) < 4.78 is 25.3. The van der Waals surface area contributed by atoms with Gasteiger partial charge in [0.2, 0.25) is 0 Å². The molecule has 74 valence electrons. The van der Waals surface area contributed by atoms with Gasteiger partial charge in [0.1, 0.15) is 9.77 Å². The smallest absolute Gasteiger partial charge is 0.266 e.